The van der Waals surface area contributed by atoms with Crippen molar-refractivity contribution < 1.29 is 13.5 Å². The lowest BCUT2D eigenvalue weighted by atomic mass is 9.69. The molecule has 0 aromatic rings. The average Bonchev–Trinajstić information content (AvgIpc) is 2.65. The van der Waals surface area contributed by atoms with Crippen LogP contribution in [-0.2, 0) is 9.84 Å². The summed E-state index contributed by atoms with van der Waals surface area (Å²) in [5, 5.41) is 10.6. The van der Waals surface area contributed by atoms with Crippen LogP contribution in [0.4, 0.5) is 0 Å². The minimum atomic E-state index is -3.00. The largest absolute Gasteiger partial charge is 0.392 e. The van der Waals surface area contributed by atoms with Crippen molar-refractivity contribution in [1.82, 2.24) is 0 Å². The maximum absolute atomic E-state index is 11.7. The van der Waals surface area contributed by atoms with Gasteiger partial charge in [-0.15, -0.1) is 0 Å². The van der Waals surface area contributed by atoms with Crippen LogP contribution in [0, 0.1) is 17.3 Å². The molecule has 0 aromatic heterocycles. The standard InChI is InChI=1S/C13H25NO3S/c1-10-3-2-4-11(7-10)12(15)13(8-14)5-6-18(16,17)9-13/h10-12,15H,2-9,14H2,1H3. The van der Waals surface area contributed by atoms with Crippen LogP contribution in [-0.4, -0.2) is 37.7 Å². The molecule has 4 nitrogen and oxygen atoms in total. The molecule has 0 amide bonds. The fraction of sp³-hybridized carbons (Fsp3) is 1.00. The summed E-state index contributed by atoms with van der Waals surface area (Å²) < 4.78 is 23.4. The minimum Gasteiger partial charge on any atom is -0.392 e. The van der Waals surface area contributed by atoms with Gasteiger partial charge >= 0.3 is 0 Å². The Kier molecular flexibility index (Phi) is 4.04. The normalized spacial score (nSPS) is 41.7. The summed E-state index contributed by atoms with van der Waals surface area (Å²) in [6, 6.07) is 0. The second-order valence-corrected chi connectivity index (χ2v) is 8.57. The van der Waals surface area contributed by atoms with Crippen molar-refractivity contribution in [3.63, 3.8) is 0 Å². The summed E-state index contributed by atoms with van der Waals surface area (Å²) in [6.07, 6.45) is 4.34. The number of hydrogen-bond acceptors (Lipinski definition) is 4. The SMILES string of the molecule is CC1CCCC(C(O)C2(CN)CCS(=O)(=O)C2)C1. The molecule has 4 unspecified atom stereocenters. The van der Waals surface area contributed by atoms with Gasteiger partial charge in [0.2, 0.25) is 0 Å². The smallest absolute Gasteiger partial charge is 0.151 e. The van der Waals surface area contributed by atoms with Gasteiger partial charge in [0.15, 0.2) is 9.84 Å². The number of aliphatic hydroxyl groups excluding tert-OH is 1. The molecule has 0 bridgehead atoms. The highest BCUT2D eigenvalue weighted by Gasteiger charge is 2.49. The lowest BCUT2D eigenvalue weighted by Crippen LogP contribution is -2.47. The molecule has 0 spiro atoms. The van der Waals surface area contributed by atoms with Crippen LogP contribution in [0.25, 0.3) is 0 Å². The van der Waals surface area contributed by atoms with Crippen LogP contribution in [0.15, 0.2) is 0 Å². The molecule has 0 radical (unpaired) electrons. The Bertz CT molecular complexity index is 395. The lowest BCUT2D eigenvalue weighted by molar-refractivity contribution is -0.0195. The summed E-state index contributed by atoms with van der Waals surface area (Å²) in [7, 11) is -3.00. The van der Waals surface area contributed by atoms with Gasteiger partial charge in [0.1, 0.15) is 0 Å². The Hall–Kier alpha value is -0.130. The van der Waals surface area contributed by atoms with E-state index in [-0.39, 0.29) is 24.0 Å². The predicted octanol–water partition coefficient (Wildman–Crippen LogP) is 0.937. The van der Waals surface area contributed by atoms with Gasteiger partial charge in [-0.05, 0) is 31.1 Å². The van der Waals surface area contributed by atoms with Gasteiger partial charge in [-0.2, -0.15) is 0 Å². The highest BCUT2D eigenvalue weighted by molar-refractivity contribution is 7.91. The summed E-state index contributed by atoms with van der Waals surface area (Å²) >= 11 is 0. The first kappa shape index (κ1) is 14.3. The van der Waals surface area contributed by atoms with E-state index in [1.54, 1.807) is 0 Å². The molecule has 1 saturated heterocycles. The van der Waals surface area contributed by atoms with Gasteiger partial charge in [0.25, 0.3) is 0 Å². The molecular weight excluding hydrogens is 250 g/mol. The molecule has 106 valence electrons. The Balaban J connectivity index is 2.13. The summed E-state index contributed by atoms with van der Waals surface area (Å²) in [4.78, 5) is 0. The van der Waals surface area contributed by atoms with E-state index in [1.165, 1.54) is 6.42 Å². The van der Waals surface area contributed by atoms with Crippen molar-refractivity contribution in [3.05, 3.63) is 0 Å². The van der Waals surface area contributed by atoms with Crippen LogP contribution < -0.4 is 5.73 Å². The number of nitrogens with two attached hydrogens (primary N) is 1. The zero-order chi connectivity index (χ0) is 13.4. The van der Waals surface area contributed by atoms with Gasteiger partial charge in [0, 0.05) is 12.0 Å². The predicted molar refractivity (Wildman–Crippen MR) is 71.9 cm³/mol. The topological polar surface area (TPSA) is 80.4 Å². The molecule has 2 aliphatic rings. The number of rotatable bonds is 3. The highest BCUT2D eigenvalue weighted by atomic mass is 32.2. The molecule has 3 N–H and O–H groups in total. The van der Waals surface area contributed by atoms with Gasteiger partial charge in [-0.25, -0.2) is 8.42 Å². The molecule has 1 saturated carbocycles. The summed E-state index contributed by atoms with van der Waals surface area (Å²) in [5.41, 5.74) is 5.22. The third kappa shape index (κ3) is 2.73. The zero-order valence-electron chi connectivity index (χ0n) is 11.1. The maximum Gasteiger partial charge on any atom is 0.151 e. The van der Waals surface area contributed by atoms with E-state index in [0.717, 1.165) is 19.3 Å². The second-order valence-electron chi connectivity index (χ2n) is 6.39. The van der Waals surface area contributed by atoms with Gasteiger partial charge < -0.3 is 10.8 Å². The second kappa shape index (κ2) is 5.10. The number of aliphatic hydroxyl groups is 1. The highest BCUT2D eigenvalue weighted by Crippen LogP contribution is 2.42. The molecule has 2 rings (SSSR count). The molecule has 1 heterocycles. The van der Waals surface area contributed by atoms with Crippen LogP contribution in [0.5, 0.6) is 0 Å². The fourth-order valence-electron chi connectivity index (χ4n) is 3.72. The minimum absolute atomic E-state index is 0.0720. The van der Waals surface area contributed by atoms with Crippen LogP contribution >= 0.6 is 0 Å². The van der Waals surface area contributed by atoms with E-state index >= 15 is 0 Å². The van der Waals surface area contributed by atoms with Gasteiger partial charge in [0.05, 0.1) is 17.6 Å². The molecule has 4 atom stereocenters. The molecule has 0 aromatic carbocycles. The monoisotopic (exact) mass is 275 g/mol. The first-order valence-corrected chi connectivity index (χ1v) is 8.79. The quantitative estimate of drug-likeness (QED) is 0.803. The zero-order valence-corrected chi connectivity index (χ0v) is 12.0. The Morgan fingerprint density at radius 1 is 1.44 bits per heavy atom. The molecular formula is C13H25NO3S. The van der Waals surface area contributed by atoms with Crippen LogP contribution in [0.1, 0.15) is 39.0 Å². The van der Waals surface area contributed by atoms with E-state index in [1.807, 2.05) is 0 Å². The average molecular weight is 275 g/mol. The van der Waals surface area contributed by atoms with Crippen molar-refractivity contribution in [2.24, 2.45) is 23.0 Å². The Morgan fingerprint density at radius 3 is 2.67 bits per heavy atom. The molecule has 2 fully saturated rings. The summed E-state index contributed by atoms with van der Waals surface area (Å²) in [6.45, 7) is 2.48. The van der Waals surface area contributed by atoms with Crippen molar-refractivity contribution in [3.8, 4) is 0 Å². The number of sulfone groups is 1. The molecule has 1 aliphatic heterocycles. The van der Waals surface area contributed by atoms with Crippen molar-refractivity contribution in [2.75, 3.05) is 18.1 Å². The molecule has 5 heteroatoms. The van der Waals surface area contributed by atoms with Gasteiger partial charge in [-0.1, -0.05) is 19.8 Å². The van der Waals surface area contributed by atoms with E-state index in [9.17, 15) is 13.5 Å². The number of hydrogen-bond donors (Lipinski definition) is 2. The fourth-order valence-corrected chi connectivity index (χ4v) is 5.89. The summed E-state index contributed by atoms with van der Waals surface area (Å²) in [5.74, 6) is 1.11. The first-order chi connectivity index (χ1) is 8.38. The lowest BCUT2D eigenvalue weighted by Gasteiger charge is -2.40. The van der Waals surface area contributed by atoms with E-state index < -0.39 is 21.4 Å². The van der Waals surface area contributed by atoms with Gasteiger partial charge in [-0.3, -0.25) is 0 Å². The van der Waals surface area contributed by atoms with E-state index in [2.05, 4.69) is 6.92 Å². The molecule has 1 aliphatic carbocycles. The van der Waals surface area contributed by atoms with Crippen molar-refractivity contribution >= 4 is 9.84 Å². The van der Waals surface area contributed by atoms with Crippen molar-refractivity contribution in [2.45, 2.75) is 45.1 Å². The van der Waals surface area contributed by atoms with E-state index in [0.29, 0.717) is 12.3 Å². The van der Waals surface area contributed by atoms with Crippen LogP contribution in [0.3, 0.4) is 0 Å². The van der Waals surface area contributed by atoms with E-state index in [4.69, 9.17) is 5.73 Å². The Labute approximate surface area is 110 Å². The molecule has 18 heavy (non-hydrogen) atoms. The maximum atomic E-state index is 11.7. The first-order valence-electron chi connectivity index (χ1n) is 6.97. The van der Waals surface area contributed by atoms with Crippen molar-refractivity contribution in [1.29, 1.82) is 0 Å². The van der Waals surface area contributed by atoms with Crippen LogP contribution in [0.2, 0.25) is 0 Å². The Morgan fingerprint density at radius 2 is 2.17 bits per heavy atom. The third-order valence-corrected chi connectivity index (χ3v) is 6.72. The third-order valence-electron chi connectivity index (χ3n) is 4.88.